The number of hydrogen-bond donors (Lipinski definition) is 2. The van der Waals surface area contributed by atoms with Crippen molar-refractivity contribution in [2.24, 2.45) is 5.73 Å². The Labute approximate surface area is 118 Å². The van der Waals surface area contributed by atoms with Gasteiger partial charge in [0.05, 0.1) is 0 Å². The molecular weight excluding hydrogens is 251 g/mol. The summed E-state index contributed by atoms with van der Waals surface area (Å²) in [6.07, 6.45) is 1.84. The molecule has 0 radical (unpaired) electrons. The van der Waals surface area contributed by atoms with Crippen LogP contribution in [0.3, 0.4) is 0 Å². The van der Waals surface area contributed by atoms with Crippen molar-refractivity contribution in [3.63, 3.8) is 0 Å². The van der Waals surface area contributed by atoms with Gasteiger partial charge in [0.2, 0.25) is 0 Å². The van der Waals surface area contributed by atoms with Gasteiger partial charge in [-0.2, -0.15) is 0 Å². The summed E-state index contributed by atoms with van der Waals surface area (Å²) in [6.45, 7) is 0.872. The number of benzene rings is 2. The van der Waals surface area contributed by atoms with Crippen molar-refractivity contribution >= 4 is 0 Å². The van der Waals surface area contributed by atoms with Gasteiger partial charge in [-0.05, 0) is 48.2 Å². The van der Waals surface area contributed by atoms with E-state index in [2.05, 4.69) is 23.5 Å². The highest BCUT2D eigenvalue weighted by Crippen LogP contribution is 2.36. The second-order valence-electron chi connectivity index (χ2n) is 5.35. The molecule has 2 aromatic rings. The Morgan fingerprint density at radius 1 is 1.05 bits per heavy atom. The average molecular weight is 270 g/mol. The van der Waals surface area contributed by atoms with E-state index >= 15 is 0 Å². The molecule has 0 saturated carbocycles. The van der Waals surface area contributed by atoms with E-state index in [0.29, 0.717) is 6.04 Å². The van der Waals surface area contributed by atoms with Gasteiger partial charge in [-0.15, -0.1) is 0 Å². The van der Waals surface area contributed by atoms with Crippen molar-refractivity contribution in [3.8, 4) is 0 Å². The molecule has 1 aliphatic carbocycles. The Bertz CT molecular complexity index is 580. The molecule has 104 valence electrons. The number of fused-ring (bicyclic) bond motifs is 1. The Morgan fingerprint density at radius 3 is 2.50 bits per heavy atom. The molecule has 0 fully saturated rings. The standard InChI is InChI=1S/C17H19FN2/c18-13-7-5-12(6-8-13)9-10-20-17-11-16(19)14-3-1-2-4-15(14)17/h1-8,16-17,20H,9-11,19H2. The maximum Gasteiger partial charge on any atom is 0.123 e. The predicted molar refractivity (Wildman–Crippen MR) is 78.8 cm³/mol. The molecule has 2 nitrogen and oxygen atoms in total. The van der Waals surface area contributed by atoms with Gasteiger partial charge in [0.1, 0.15) is 5.82 Å². The third kappa shape index (κ3) is 2.74. The maximum atomic E-state index is 12.8. The van der Waals surface area contributed by atoms with Gasteiger partial charge < -0.3 is 11.1 Å². The highest BCUT2D eigenvalue weighted by Gasteiger charge is 2.27. The van der Waals surface area contributed by atoms with Crippen LogP contribution < -0.4 is 11.1 Å². The quantitative estimate of drug-likeness (QED) is 0.896. The van der Waals surface area contributed by atoms with Gasteiger partial charge in [-0.1, -0.05) is 36.4 Å². The van der Waals surface area contributed by atoms with Crippen LogP contribution in [0.15, 0.2) is 48.5 Å². The molecule has 0 aromatic heterocycles. The lowest BCUT2D eigenvalue weighted by atomic mass is 10.1. The van der Waals surface area contributed by atoms with E-state index in [-0.39, 0.29) is 11.9 Å². The summed E-state index contributed by atoms with van der Waals surface area (Å²) in [6, 6.07) is 15.5. The first-order valence-corrected chi connectivity index (χ1v) is 7.06. The average Bonchev–Trinajstić information content (AvgIpc) is 2.79. The molecule has 3 rings (SSSR count). The fourth-order valence-corrected chi connectivity index (χ4v) is 2.91. The lowest BCUT2D eigenvalue weighted by Gasteiger charge is -2.14. The zero-order chi connectivity index (χ0) is 13.9. The van der Waals surface area contributed by atoms with Crippen molar-refractivity contribution < 1.29 is 4.39 Å². The molecule has 2 atom stereocenters. The SMILES string of the molecule is NC1CC(NCCc2ccc(F)cc2)c2ccccc21. The smallest absolute Gasteiger partial charge is 0.123 e. The number of hydrogen-bond acceptors (Lipinski definition) is 2. The molecule has 0 bridgehead atoms. The molecule has 3 N–H and O–H groups in total. The molecule has 2 unspecified atom stereocenters. The van der Waals surface area contributed by atoms with E-state index in [4.69, 9.17) is 5.73 Å². The summed E-state index contributed by atoms with van der Waals surface area (Å²) in [7, 11) is 0. The van der Waals surface area contributed by atoms with Crippen LogP contribution in [0.2, 0.25) is 0 Å². The minimum absolute atomic E-state index is 0.134. The molecule has 2 aromatic carbocycles. The third-order valence-electron chi connectivity index (χ3n) is 3.98. The van der Waals surface area contributed by atoms with Gasteiger partial charge in [0, 0.05) is 12.1 Å². The Kier molecular flexibility index (Phi) is 3.81. The fourth-order valence-electron chi connectivity index (χ4n) is 2.91. The molecule has 1 aliphatic rings. The lowest BCUT2D eigenvalue weighted by molar-refractivity contribution is 0.502. The number of nitrogens with one attached hydrogen (secondary N) is 1. The van der Waals surface area contributed by atoms with Gasteiger partial charge in [0.15, 0.2) is 0 Å². The molecule has 20 heavy (non-hydrogen) atoms. The Morgan fingerprint density at radius 2 is 1.75 bits per heavy atom. The summed E-state index contributed by atoms with van der Waals surface area (Å²) < 4.78 is 12.8. The van der Waals surface area contributed by atoms with Gasteiger partial charge in [0.25, 0.3) is 0 Å². The van der Waals surface area contributed by atoms with E-state index in [0.717, 1.165) is 24.9 Å². The van der Waals surface area contributed by atoms with Crippen LogP contribution in [-0.4, -0.2) is 6.54 Å². The Hall–Kier alpha value is -1.71. The summed E-state index contributed by atoms with van der Waals surface area (Å²) in [5.74, 6) is -0.183. The van der Waals surface area contributed by atoms with E-state index in [1.54, 1.807) is 0 Å². The van der Waals surface area contributed by atoms with Crippen molar-refractivity contribution in [3.05, 3.63) is 71.0 Å². The summed E-state index contributed by atoms with van der Waals surface area (Å²) in [4.78, 5) is 0. The molecule has 0 heterocycles. The van der Waals surface area contributed by atoms with E-state index < -0.39 is 0 Å². The largest absolute Gasteiger partial charge is 0.324 e. The predicted octanol–water partition coefficient (Wildman–Crippen LogP) is 3.10. The van der Waals surface area contributed by atoms with Crippen LogP contribution in [0.25, 0.3) is 0 Å². The highest BCUT2D eigenvalue weighted by atomic mass is 19.1. The van der Waals surface area contributed by atoms with Crippen LogP contribution in [0.1, 0.15) is 35.2 Å². The van der Waals surface area contributed by atoms with E-state index in [1.807, 2.05) is 18.2 Å². The van der Waals surface area contributed by atoms with Gasteiger partial charge in [-0.3, -0.25) is 0 Å². The third-order valence-corrected chi connectivity index (χ3v) is 3.98. The van der Waals surface area contributed by atoms with Gasteiger partial charge in [-0.25, -0.2) is 4.39 Å². The minimum Gasteiger partial charge on any atom is -0.324 e. The second-order valence-corrected chi connectivity index (χ2v) is 5.35. The van der Waals surface area contributed by atoms with Crippen molar-refractivity contribution in [2.45, 2.75) is 24.9 Å². The first-order valence-electron chi connectivity index (χ1n) is 7.06. The minimum atomic E-state index is -0.183. The lowest BCUT2D eigenvalue weighted by Crippen LogP contribution is -2.22. The zero-order valence-corrected chi connectivity index (χ0v) is 11.4. The van der Waals surface area contributed by atoms with Crippen LogP contribution in [0.4, 0.5) is 4.39 Å². The monoisotopic (exact) mass is 270 g/mol. The maximum absolute atomic E-state index is 12.8. The van der Waals surface area contributed by atoms with Crippen LogP contribution in [0.5, 0.6) is 0 Å². The second kappa shape index (κ2) is 5.73. The normalized spacial score (nSPS) is 20.9. The van der Waals surface area contributed by atoms with Crippen molar-refractivity contribution in [1.29, 1.82) is 0 Å². The van der Waals surface area contributed by atoms with Crippen molar-refractivity contribution in [2.75, 3.05) is 6.54 Å². The molecule has 0 amide bonds. The topological polar surface area (TPSA) is 38.0 Å². The molecule has 3 heteroatoms. The van der Waals surface area contributed by atoms with Crippen molar-refractivity contribution in [1.82, 2.24) is 5.32 Å². The zero-order valence-electron chi connectivity index (χ0n) is 11.4. The number of rotatable bonds is 4. The molecule has 0 saturated heterocycles. The summed E-state index contributed by atoms with van der Waals surface area (Å²) in [5.41, 5.74) is 9.88. The van der Waals surface area contributed by atoms with Crippen LogP contribution in [0, 0.1) is 5.82 Å². The summed E-state index contributed by atoms with van der Waals surface area (Å²) in [5, 5.41) is 3.56. The number of halogens is 1. The van der Waals surface area contributed by atoms with E-state index in [9.17, 15) is 4.39 Å². The van der Waals surface area contributed by atoms with Crippen LogP contribution in [-0.2, 0) is 6.42 Å². The van der Waals surface area contributed by atoms with E-state index in [1.165, 1.54) is 23.3 Å². The highest BCUT2D eigenvalue weighted by molar-refractivity contribution is 5.37. The summed E-state index contributed by atoms with van der Waals surface area (Å²) >= 11 is 0. The van der Waals surface area contributed by atoms with Crippen LogP contribution >= 0.6 is 0 Å². The fraction of sp³-hybridized carbons (Fsp3) is 0.294. The number of nitrogens with two attached hydrogens (primary N) is 1. The first kappa shape index (κ1) is 13.3. The van der Waals surface area contributed by atoms with Gasteiger partial charge >= 0.3 is 0 Å². The molecular formula is C17H19FN2. The molecule has 0 spiro atoms. The Balaban J connectivity index is 1.59. The molecule has 0 aliphatic heterocycles. The first-order chi connectivity index (χ1) is 9.74.